The second-order valence-electron chi connectivity index (χ2n) is 6.23. The Morgan fingerprint density at radius 3 is 2.04 bits per heavy atom. The van der Waals surface area contributed by atoms with Gasteiger partial charge in [0.25, 0.3) is 5.91 Å². The summed E-state index contributed by atoms with van der Waals surface area (Å²) in [7, 11) is 1.63. The van der Waals surface area contributed by atoms with Gasteiger partial charge in [0.05, 0.1) is 13.2 Å². The first-order valence-corrected chi connectivity index (χ1v) is 8.23. The number of hydrogen-bond acceptors (Lipinski definition) is 3. The maximum Gasteiger partial charge on any atom is 0.251 e. The van der Waals surface area contributed by atoms with Crippen LogP contribution in [0.4, 0.5) is 5.69 Å². The molecule has 0 aliphatic heterocycles. The first-order chi connectivity index (χ1) is 11.9. The Morgan fingerprint density at radius 1 is 0.960 bits per heavy atom. The number of anilines is 1. The van der Waals surface area contributed by atoms with Crippen LogP contribution in [0.3, 0.4) is 0 Å². The molecule has 2 aromatic rings. The van der Waals surface area contributed by atoms with Crippen molar-refractivity contribution in [1.82, 2.24) is 5.32 Å². The van der Waals surface area contributed by atoms with Crippen molar-refractivity contribution < 1.29 is 14.3 Å². The van der Waals surface area contributed by atoms with Crippen molar-refractivity contribution >= 4 is 17.5 Å². The van der Waals surface area contributed by atoms with Gasteiger partial charge in [-0.2, -0.15) is 0 Å². The second kappa shape index (κ2) is 8.33. The number of carbonyl (C=O) groups is 2. The first-order valence-electron chi connectivity index (χ1n) is 8.23. The highest BCUT2D eigenvalue weighted by Crippen LogP contribution is 2.24. The Balaban J connectivity index is 2.12. The number of carbonyl (C=O) groups excluding carboxylic acids is 2. The van der Waals surface area contributed by atoms with E-state index in [4.69, 9.17) is 4.74 Å². The summed E-state index contributed by atoms with van der Waals surface area (Å²) in [6, 6.07) is 14.4. The lowest BCUT2D eigenvalue weighted by atomic mass is 9.95. The average Bonchev–Trinajstić information content (AvgIpc) is 2.59. The third-order valence-corrected chi connectivity index (χ3v) is 3.90. The van der Waals surface area contributed by atoms with Gasteiger partial charge in [-0.05, 0) is 47.9 Å². The second-order valence-corrected chi connectivity index (χ2v) is 6.23. The van der Waals surface area contributed by atoms with Gasteiger partial charge in [-0.3, -0.25) is 9.59 Å². The minimum Gasteiger partial charge on any atom is -0.497 e. The van der Waals surface area contributed by atoms with Crippen LogP contribution < -0.4 is 15.4 Å². The lowest BCUT2D eigenvalue weighted by molar-refractivity contribution is -0.114. The highest BCUT2D eigenvalue weighted by Gasteiger charge is 2.19. The van der Waals surface area contributed by atoms with Crippen LogP contribution in [0.1, 0.15) is 42.7 Å². The van der Waals surface area contributed by atoms with Gasteiger partial charge in [-0.15, -0.1) is 0 Å². The predicted octanol–water partition coefficient (Wildman–Crippen LogP) is 3.78. The van der Waals surface area contributed by atoms with E-state index in [1.165, 1.54) is 6.92 Å². The highest BCUT2D eigenvalue weighted by molar-refractivity contribution is 5.95. The predicted molar refractivity (Wildman–Crippen MR) is 98.8 cm³/mol. The number of methoxy groups -OCH3 is 1. The van der Waals surface area contributed by atoms with E-state index in [0.717, 1.165) is 11.3 Å². The molecule has 132 valence electrons. The lowest BCUT2D eigenvalue weighted by Crippen LogP contribution is -2.31. The first kappa shape index (κ1) is 18.5. The van der Waals surface area contributed by atoms with Crippen molar-refractivity contribution in [1.29, 1.82) is 0 Å². The van der Waals surface area contributed by atoms with E-state index in [-0.39, 0.29) is 23.8 Å². The molecule has 2 N–H and O–H groups in total. The molecule has 0 bridgehead atoms. The molecule has 0 saturated heterocycles. The number of benzene rings is 2. The van der Waals surface area contributed by atoms with E-state index in [0.29, 0.717) is 11.3 Å². The average molecular weight is 340 g/mol. The maximum atomic E-state index is 12.6. The molecule has 2 amide bonds. The summed E-state index contributed by atoms with van der Waals surface area (Å²) >= 11 is 0. The smallest absolute Gasteiger partial charge is 0.251 e. The Bertz CT molecular complexity index is 722. The third kappa shape index (κ3) is 5.08. The maximum absolute atomic E-state index is 12.6. The van der Waals surface area contributed by atoms with Gasteiger partial charge >= 0.3 is 0 Å². The van der Waals surface area contributed by atoms with Crippen LogP contribution in [0.2, 0.25) is 0 Å². The molecule has 0 spiro atoms. The topological polar surface area (TPSA) is 67.4 Å². The van der Waals surface area contributed by atoms with Gasteiger partial charge in [-0.1, -0.05) is 26.0 Å². The van der Waals surface area contributed by atoms with Crippen LogP contribution in [0.25, 0.3) is 0 Å². The molecule has 5 nitrogen and oxygen atoms in total. The number of rotatable bonds is 6. The van der Waals surface area contributed by atoms with Crippen LogP contribution in [0.15, 0.2) is 48.5 Å². The lowest BCUT2D eigenvalue weighted by Gasteiger charge is -2.23. The summed E-state index contributed by atoms with van der Waals surface area (Å²) < 4.78 is 5.18. The molecule has 0 aliphatic carbocycles. The molecular weight excluding hydrogens is 316 g/mol. The van der Waals surface area contributed by atoms with Crippen molar-refractivity contribution in [3.05, 3.63) is 59.7 Å². The zero-order valence-electron chi connectivity index (χ0n) is 15.0. The SMILES string of the molecule is COc1ccc([C@@H](NC(=O)c2ccc(NC(C)=O)cc2)C(C)C)cc1. The van der Waals surface area contributed by atoms with Gasteiger partial charge in [0.2, 0.25) is 5.91 Å². The van der Waals surface area contributed by atoms with Gasteiger partial charge in [0.1, 0.15) is 5.75 Å². The molecule has 0 unspecified atom stereocenters. The summed E-state index contributed by atoms with van der Waals surface area (Å²) in [4.78, 5) is 23.6. The summed E-state index contributed by atoms with van der Waals surface area (Å²) in [5, 5.41) is 5.76. The summed E-state index contributed by atoms with van der Waals surface area (Å²) in [6.45, 7) is 5.58. The summed E-state index contributed by atoms with van der Waals surface area (Å²) in [5.41, 5.74) is 2.24. The fourth-order valence-corrected chi connectivity index (χ4v) is 2.58. The van der Waals surface area contributed by atoms with Crippen molar-refractivity contribution in [2.45, 2.75) is 26.8 Å². The van der Waals surface area contributed by atoms with Gasteiger partial charge in [0.15, 0.2) is 0 Å². The Morgan fingerprint density at radius 2 is 1.56 bits per heavy atom. The molecule has 1 atom stereocenters. The van der Waals surface area contributed by atoms with E-state index in [1.807, 2.05) is 24.3 Å². The summed E-state index contributed by atoms with van der Waals surface area (Å²) in [5.74, 6) is 0.725. The largest absolute Gasteiger partial charge is 0.497 e. The molecular formula is C20H24N2O3. The molecule has 0 saturated carbocycles. The molecule has 2 aromatic carbocycles. The van der Waals surface area contributed by atoms with Crippen molar-refractivity contribution in [3.63, 3.8) is 0 Å². The molecule has 0 aromatic heterocycles. The standard InChI is InChI=1S/C20H24N2O3/c1-13(2)19(15-7-11-18(25-4)12-8-15)22-20(24)16-5-9-17(10-6-16)21-14(3)23/h5-13,19H,1-4H3,(H,21,23)(H,22,24)/t19-/m0/s1. The molecule has 25 heavy (non-hydrogen) atoms. The quantitative estimate of drug-likeness (QED) is 0.841. The minimum atomic E-state index is -0.149. The van der Waals surface area contributed by atoms with Crippen LogP contribution in [0.5, 0.6) is 5.75 Å². The zero-order chi connectivity index (χ0) is 18.4. The monoisotopic (exact) mass is 340 g/mol. The Kier molecular flexibility index (Phi) is 6.17. The number of ether oxygens (including phenoxy) is 1. The third-order valence-electron chi connectivity index (χ3n) is 3.90. The van der Waals surface area contributed by atoms with Crippen LogP contribution in [0, 0.1) is 5.92 Å². The normalized spacial score (nSPS) is 11.7. The number of nitrogens with one attached hydrogen (secondary N) is 2. The number of amides is 2. The van der Waals surface area contributed by atoms with Crippen LogP contribution in [-0.2, 0) is 4.79 Å². The molecule has 2 rings (SSSR count). The van der Waals surface area contributed by atoms with Gasteiger partial charge in [-0.25, -0.2) is 0 Å². The van der Waals surface area contributed by atoms with E-state index in [9.17, 15) is 9.59 Å². The van der Waals surface area contributed by atoms with E-state index < -0.39 is 0 Å². The van der Waals surface area contributed by atoms with Crippen molar-refractivity contribution in [2.75, 3.05) is 12.4 Å². The molecule has 0 aliphatic rings. The fraction of sp³-hybridized carbons (Fsp3) is 0.300. The van der Waals surface area contributed by atoms with Crippen molar-refractivity contribution in [3.8, 4) is 5.75 Å². The van der Waals surface area contributed by atoms with Crippen molar-refractivity contribution in [2.24, 2.45) is 5.92 Å². The Labute approximate surface area is 148 Å². The minimum absolute atomic E-state index is 0.103. The number of hydrogen-bond donors (Lipinski definition) is 2. The van der Waals surface area contributed by atoms with E-state index >= 15 is 0 Å². The van der Waals surface area contributed by atoms with Crippen LogP contribution in [-0.4, -0.2) is 18.9 Å². The zero-order valence-corrected chi connectivity index (χ0v) is 15.0. The van der Waals surface area contributed by atoms with Crippen LogP contribution >= 0.6 is 0 Å². The molecule has 0 radical (unpaired) electrons. The molecule has 0 fully saturated rings. The van der Waals surface area contributed by atoms with E-state index in [1.54, 1.807) is 31.4 Å². The van der Waals surface area contributed by atoms with Gasteiger partial charge in [0, 0.05) is 18.2 Å². The molecule has 5 heteroatoms. The summed E-state index contributed by atoms with van der Waals surface area (Å²) in [6.07, 6.45) is 0. The van der Waals surface area contributed by atoms with Gasteiger partial charge < -0.3 is 15.4 Å². The molecule has 0 heterocycles. The highest BCUT2D eigenvalue weighted by atomic mass is 16.5. The fourth-order valence-electron chi connectivity index (χ4n) is 2.58. The Hall–Kier alpha value is -2.82. The van der Waals surface area contributed by atoms with E-state index in [2.05, 4.69) is 24.5 Å².